The summed E-state index contributed by atoms with van der Waals surface area (Å²) in [5.74, 6) is 0.448. The van der Waals surface area contributed by atoms with E-state index < -0.39 is 17.2 Å². The predicted molar refractivity (Wildman–Crippen MR) is 120 cm³/mol. The van der Waals surface area contributed by atoms with Crippen LogP contribution in [-0.4, -0.2) is 54.9 Å². The lowest BCUT2D eigenvalue weighted by Crippen LogP contribution is -2.60. The Hall–Kier alpha value is -3.86. The molecule has 1 aliphatic heterocycles. The number of hydrogen-bond donors (Lipinski definition) is 2. The van der Waals surface area contributed by atoms with Crippen molar-refractivity contribution in [1.29, 1.82) is 0 Å². The van der Waals surface area contributed by atoms with E-state index in [1.165, 1.54) is 6.07 Å². The van der Waals surface area contributed by atoms with Crippen LogP contribution in [-0.2, 0) is 21.6 Å². The van der Waals surface area contributed by atoms with Gasteiger partial charge >= 0.3 is 6.09 Å². The number of fused-ring (bicyclic) bond motifs is 1. The standard InChI is InChI=1S/C23H24FN7O3/c1-22(2,3)34-21(32)27-23(12-33-13-23)20-26-18(28-29-20)17-15-8-6-10-25-19(15)31(30-17)11-14-7-4-5-9-16(14)24/h4-10H,11-13H2,1-3H3,(H,27,32)(H,26,28,29). The second-order valence-electron chi connectivity index (χ2n) is 9.18. The van der Waals surface area contributed by atoms with E-state index in [1.54, 1.807) is 55.9 Å². The van der Waals surface area contributed by atoms with E-state index in [2.05, 4.69) is 30.6 Å². The normalized spacial score (nSPS) is 15.2. The molecule has 5 rings (SSSR count). The lowest BCUT2D eigenvalue weighted by molar-refractivity contribution is -0.0838. The molecule has 1 amide bonds. The summed E-state index contributed by atoms with van der Waals surface area (Å²) < 4.78 is 26.6. The molecule has 2 N–H and O–H groups in total. The molecular formula is C23H24FN7O3. The van der Waals surface area contributed by atoms with Crippen molar-refractivity contribution in [2.45, 2.75) is 38.5 Å². The molecule has 1 aromatic carbocycles. The summed E-state index contributed by atoms with van der Waals surface area (Å²) in [6.07, 6.45) is 1.08. The molecule has 0 bridgehead atoms. The zero-order valence-corrected chi connectivity index (χ0v) is 19.0. The molecule has 0 spiro atoms. The second kappa shape index (κ2) is 8.17. The molecule has 4 heterocycles. The third-order valence-corrected chi connectivity index (χ3v) is 5.36. The minimum Gasteiger partial charge on any atom is -0.444 e. The van der Waals surface area contributed by atoms with Gasteiger partial charge in [-0.3, -0.25) is 5.10 Å². The maximum atomic E-state index is 14.2. The predicted octanol–water partition coefficient (Wildman–Crippen LogP) is 3.15. The number of carbonyl (C=O) groups excluding carboxylic acids is 1. The number of nitrogens with zero attached hydrogens (tertiary/aromatic N) is 5. The zero-order chi connectivity index (χ0) is 23.9. The van der Waals surface area contributed by atoms with E-state index in [0.717, 1.165) is 5.39 Å². The van der Waals surface area contributed by atoms with Gasteiger partial charge in [-0.1, -0.05) is 18.2 Å². The fraction of sp³-hybridized carbons (Fsp3) is 0.348. The van der Waals surface area contributed by atoms with Gasteiger partial charge in [0.25, 0.3) is 0 Å². The summed E-state index contributed by atoms with van der Waals surface area (Å²) in [5, 5.41) is 15.5. The highest BCUT2D eigenvalue weighted by Gasteiger charge is 2.46. The number of aromatic nitrogens is 6. The minimum atomic E-state index is -0.902. The van der Waals surface area contributed by atoms with Crippen LogP contribution in [0.15, 0.2) is 42.6 Å². The van der Waals surface area contributed by atoms with Crippen molar-refractivity contribution in [2.75, 3.05) is 13.2 Å². The molecule has 1 fully saturated rings. The smallest absolute Gasteiger partial charge is 0.408 e. The highest BCUT2D eigenvalue weighted by atomic mass is 19.1. The summed E-state index contributed by atoms with van der Waals surface area (Å²) >= 11 is 0. The lowest BCUT2D eigenvalue weighted by Gasteiger charge is -2.39. The molecule has 0 radical (unpaired) electrons. The van der Waals surface area contributed by atoms with Crippen LogP contribution in [0.2, 0.25) is 0 Å². The van der Waals surface area contributed by atoms with Gasteiger partial charge < -0.3 is 14.8 Å². The van der Waals surface area contributed by atoms with Gasteiger partial charge in [-0.2, -0.15) is 10.2 Å². The number of amides is 1. The lowest BCUT2D eigenvalue weighted by atomic mass is 9.97. The van der Waals surface area contributed by atoms with Crippen molar-refractivity contribution in [3.05, 3.63) is 59.8 Å². The summed E-state index contributed by atoms with van der Waals surface area (Å²) in [4.78, 5) is 21.4. The van der Waals surface area contributed by atoms with E-state index in [1.807, 2.05) is 6.07 Å². The number of hydrogen-bond acceptors (Lipinski definition) is 7. The topological polar surface area (TPSA) is 120 Å². The van der Waals surface area contributed by atoms with E-state index in [4.69, 9.17) is 9.47 Å². The summed E-state index contributed by atoms with van der Waals surface area (Å²) in [6, 6.07) is 10.2. The van der Waals surface area contributed by atoms with Crippen LogP contribution in [0.4, 0.5) is 9.18 Å². The largest absolute Gasteiger partial charge is 0.444 e. The summed E-state index contributed by atoms with van der Waals surface area (Å²) in [5.41, 5.74) is 0.0605. The first kappa shape index (κ1) is 22.0. The van der Waals surface area contributed by atoms with Crippen molar-refractivity contribution in [1.82, 2.24) is 35.3 Å². The Morgan fingerprint density at radius 1 is 1.26 bits per heavy atom. The molecule has 0 aliphatic carbocycles. The Labute approximate surface area is 194 Å². The van der Waals surface area contributed by atoms with Crippen molar-refractivity contribution in [3.8, 4) is 11.5 Å². The van der Waals surface area contributed by atoms with Gasteiger partial charge in [0.1, 0.15) is 17.1 Å². The average Bonchev–Trinajstić information content (AvgIpc) is 3.37. The molecule has 0 atom stereocenters. The van der Waals surface area contributed by atoms with Crippen LogP contribution in [0.5, 0.6) is 0 Å². The van der Waals surface area contributed by atoms with Crippen LogP contribution in [0.3, 0.4) is 0 Å². The molecule has 34 heavy (non-hydrogen) atoms. The van der Waals surface area contributed by atoms with Gasteiger partial charge in [-0.25, -0.2) is 23.8 Å². The zero-order valence-electron chi connectivity index (χ0n) is 19.0. The van der Waals surface area contributed by atoms with Crippen molar-refractivity contribution >= 4 is 17.1 Å². The van der Waals surface area contributed by atoms with Crippen LogP contribution >= 0.6 is 0 Å². The maximum absolute atomic E-state index is 14.2. The minimum absolute atomic E-state index is 0.207. The molecule has 176 valence electrons. The molecule has 11 heteroatoms. The third-order valence-electron chi connectivity index (χ3n) is 5.36. The van der Waals surface area contributed by atoms with Gasteiger partial charge in [0.15, 0.2) is 22.8 Å². The van der Waals surface area contributed by atoms with Crippen molar-refractivity contribution in [3.63, 3.8) is 0 Å². The highest BCUT2D eigenvalue weighted by Crippen LogP contribution is 2.31. The van der Waals surface area contributed by atoms with Crippen LogP contribution < -0.4 is 5.32 Å². The number of aromatic amines is 1. The quantitative estimate of drug-likeness (QED) is 0.465. The monoisotopic (exact) mass is 465 g/mol. The number of benzene rings is 1. The van der Waals surface area contributed by atoms with E-state index in [9.17, 15) is 9.18 Å². The SMILES string of the molecule is CC(C)(C)OC(=O)NC1(c2n[nH]c(-c3nn(Cc4ccccc4F)c4ncccc34)n2)COC1. The van der Waals surface area contributed by atoms with Gasteiger partial charge in [0, 0.05) is 11.8 Å². The fourth-order valence-electron chi connectivity index (χ4n) is 3.73. The van der Waals surface area contributed by atoms with Crippen LogP contribution in [0.25, 0.3) is 22.6 Å². The highest BCUT2D eigenvalue weighted by molar-refractivity contribution is 5.89. The third kappa shape index (κ3) is 4.10. The van der Waals surface area contributed by atoms with Crippen molar-refractivity contribution in [2.24, 2.45) is 0 Å². The number of alkyl carbamates (subject to hydrolysis) is 1. The molecule has 1 aliphatic rings. The Morgan fingerprint density at radius 2 is 2.06 bits per heavy atom. The maximum Gasteiger partial charge on any atom is 0.408 e. The van der Waals surface area contributed by atoms with Crippen LogP contribution in [0.1, 0.15) is 32.2 Å². The molecule has 1 saturated heterocycles. The van der Waals surface area contributed by atoms with Gasteiger partial charge in [-0.15, -0.1) is 0 Å². The van der Waals surface area contributed by atoms with Gasteiger partial charge in [0.2, 0.25) is 0 Å². The number of pyridine rings is 1. The second-order valence-corrected chi connectivity index (χ2v) is 9.18. The Balaban J connectivity index is 1.47. The van der Waals surface area contributed by atoms with Gasteiger partial charge in [0.05, 0.1) is 25.1 Å². The number of nitrogens with one attached hydrogen (secondary N) is 2. The Bertz CT molecular complexity index is 1350. The number of H-pyrrole nitrogens is 1. The molecule has 10 nitrogen and oxygen atoms in total. The number of carbonyl (C=O) groups is 1. The van der Waals surface area contributed by atoms with E-state index >= 15 is 0 Å². The first-order valence-electron chi connectivity index (χ1n) is 10.8. The average molecular weight is 465 g/mol. The van der Waals surface area contributed by atoms with Crippen LogP contribution in [0, 0.1) is 5.82 Å². The Kier molecular flexibility index (Phi) is 5.28. The molecular weight excluding hydrogens is 441 g/mol. The molecule has 0 saturated carbocycles. The number of rotatable bonds is 5. The molecule has 3 aromatic heterocycles. The number of ether oxygens (including phenoxy) is 2. The van der Waals surface area contributed by atoms with Gasteiger partial charge in [-0.05, 0) is 39.0 Å². The van der Waals surface area contributed by atoms with Crippen molar-refractivity contribution < 1.29 is 18.7 Å². The Morgan fingerprint density at radius 3 is 2.76 bits per heavy atom. The molecule has 0 unspecified atom stereocenters. The first-order chi connectivity index (χ1) is 16.2. The van der Waals surface area contributed by atoms with E-state index in [0.29, 0.717) is 28.6 Å². The summed E-state index contributed by atoms with van der Waals surface area (Å²) in [7, 11) is 0. The van der Waals surface area contributed by atoms with E-state index in [-0.39, 0.29) is 25.6 Å². The first-order valence-corrected chi connectivity index (χ1v) is 10.8. The molecule has 4 aromatic rings. The fourth-order valence-corrected chi connectivity index (χ4v) is 3.73. The summed E-state index contributed by atoms with van der Waals surface area (Å²) in [6.45, 7) is 6.01. The number of halogens is 1.